The first kappa shape index (κ1) is 18.4. The summed E-state index contributed by atoms with van der Waals surface area (Å²) in [5.41, 5.74) is 1.27. The van der Waals surface area contributed by atoms with Crippen LogP contribution in [0.4, 0.5) is 0 Å². The molecule has 0 aliphatic heterocycles. The van der Waals surface area contributed by atoms with Gasteiger partial charge in [-0.05, 0) is 31.5 Å². The van der Waals surface area contributed by atoms with Crippen LogP contribution in [0.15, 0.2) is 28.7 Å². The number of ketones is 1. The molecule has 1 aromatic carbocycles. The molecule has 0 aliphatic carbocycles. The minimum absolute atomic E-state index is 0.115. The van der Waals surface area contributed by atoms with Gasteiger partial charge in [-0.2, -0.15) is 5.10 Å². The molecule has 0 radical (unpaired) electrons. The van der Waals surface area contributed by atoms with Gasteiger partial charge in [0, 0.05) is 16.0 Å². The number of nitrogens with zero attached hydrogens (tertiary/aromatic N) is 1. The molecule has 24 heavy (non-hydrogen) atoms. The summed E-state index contributed by atoms with van der Waals surface area (Å²) in [5.74, 6) is -1.57. The van der Waals surface area contributed by atoms with Gasteiger partial charge in [0.2, 0.25) is 0 Å². The van der Waals surface area contributed by atoms with E-state index in [0.717, 1.165) is 4.47 Å². The van der Waals surface area contributed by atoms with Gasteiger partial charge in [-0.1, -0.05) is 35.0 Å². The van der Waals surface area contributed by atoms with E-state index in [1.165, 1.54) is 0 Å². The van der Waals surface area contributed by atoms with Crippen molar-refractivity contribution in [1.82, 2.24) is 10.2 Å². The molecule has 2 aromatic rings. The van der Waals surface area contributed by atoms with Crippen molar-refractivity contribution in [1.29, 1.82) is 0 Å². The predicted octanol–water partition coefficient (Wildman–Crippen LogP) is 3.22. The van der Waals surface area contributed by atoms with E-state index in [0.29, 0.717) is 11.1 Å². The maximum Gasteiger partial charge on any atom is 0.357 e. The van der Waals surface area contributed by atoms with Crippen molar-refractivity contribution >= 4 is 27.7 Å². The third kappa shape index (κ3) is 3.73. The number of benzene rings is 1. The smallest absolute Gasteiger partial charge is 0.357 e. The summed E-state index contributed by atoms with van der Waals surface area (Å²) in [4.78, 5) is 24.9. The molecule has 0 fully saturated rings. The van der Waals surface area contributed by atoms with Gasteiger partial charge in [-0.3, -0.25) is 9.89 Å². The molecule has 1 heterocycles. The summed E-state index contributed by atoms with van der Waals surface area (Å²) in [7, 11) is 0. The molecule has 7 heteroatoms. The van der Waals surface area contributed by atoms with Crippen LogP contribution in [0.1, 0.15) is 41.7 Å². The van der Waals surface area contributed by atoms with Crippen LogP contribution in [0, 0.1) is 5.92 Å². The fourth-order valence-electron chi connectivity index (χ4n) is 2.23. The molecular formula is C17H19BrN2O4. The average Bonchev–Trinajstić information content (AvgIpc) is 2.98. The zero-order valence-corrected chi connectivity index (χ0v) is 15.3. The highest BCUT2D eigenvalue weighted by molar-refractivity contribution is 9.10. The molecule has 0 spiro atoms. The molecule has 0 bridgehead atoms. The number of nitrogens with one attached hydrogen (secondary N) is 1. The Morgan fingerprint density at radius 3 is 2.67 bits per heavy atom. The monoisotopic (exact) mass is 394 g/mol. The van der Waals surface area contributed by atoms with Crippen LogP contribution in [0.5, 0.6) is 0 Å². The van der Waals surface area contributed by atoms with Gasteiger partial charge in [-0.15, -0.1) is 0 Å². The van der Waals surface area contributed by atoms with Gasteiger partial charge in [-0.25, -0.2) is 4.79 Å². The van der Waals surface area contributed by atoms with Gasteiger partial charge >= 0.3 is 5.97 Å². The lowest BCUT2D eigenvalue weighted by Gasteiger charge is -2.13. The second-order valence-corrected chi connectivity index (χ2v) is 6.36. The molecule has 2 N–H and O–H groups in total. The minimum Gasteiger partial charge on any atom is -0.461 e. The predicted molar refractivity (Wildman–Crippen MR) is 92.9 cm³/mol. The molecule has 0 aliphatic rings. The summed E-state index contributed by atoms with van der Waals surface area (Å²) in [6.45, 7) is 5.08. The number of carbonyl (C=O) groups excluding carboxylic acids is 2. The third-order valence-corrected chi connectivity index (χ3v) is 4.22. The number of hydrogen-bond donors (Lipinski definition) is 2. The fourth-order valence-corrected chi connectivity index (χ4v) is 2.63. The first-order valence-corrected chi connectivity index (χ1v) is 8.39. The van der Waals surface area contributed by atoms with Gasteiger partial charge in [0.05, 0.1) is 12.7 Å². The molecule has 2 unspecified atom stereocenters. The Balaban J connectivity index is 2.60. The average molecular weight is 395 g/mol. The molecule has 2 atom stereocenters. The van der Waals surface area contributed by atoms with E-state index in [9.17, 15) is 14.7 Å². The number of carbonyl (C=O) groups is 2. The number of aromatic amines is 1. The van der Waals surface area contributed by atoms with Crippen molar-refractivity contribution in [2.24, 2.45) is 5.92 Å². The SMILES string of the molecule is CCOC(=O)c1[nH]nc(C(=O)C(C)C(C)O)c1-c1cccc(Br)c1. The van der Waals surface area contributed by atoms with Crippen LogP contribution in [-0.4, -0.2) is 39.8 Å². The molecular weight excluding hydrogens is 376 g/mol. The zero-order chi connectivity index (χ0) is 17.9. The number of Topliss-reactive ketones (excluding diaryl/α,β-unsaturated/α-hetero) is 1. The molecule has 2 rings (SSSR count). The number of aliphatic hydroxyl groups is 1. The Bertz CT molecular complexity index is 755. The van der Waals surface area contributed by atoms with E-state index in [1.807, 2.05) is 6.07 Å². The number of ether oxygens (including phenoxy) is 1. The van der Waals surface area contributed by atoms with Crippen molar-refractivity contribution in [3.8, 4) is 11.1 Å². The van der Waals surface area contributed by atoms with Crippen molar-refractivity contribution in [3.63, 3.8) is 0 Å². The third-order valence-electron chi connectivity index (χ3n) is 3.73. The summed E-state index contributed by atoms with van der Waals surface area (Å²) in [6.07, 6.45) is -0.824. The lowest BCUT2D eigenvalue weighted by Crippen LogP contribution is -2.23. The van der Waals surface area contributed by atoms with Crippen molar-refractivity contribution < 1.29 is 19.4 Å². The first-order valence-electron chi connectivity index (χ1n) is 7.60. The molecule has 128 valence electrons. The Morgan fingerprint density at radius 1 is 1.38 bits per heavy atom. The number of rotatable bonds is 6. The number of H-pyrrole nitrogens is 1. The van der Waals surface area contributed by atoms with E-state index in [2.05, 4.69) is 26.1 Å². The number of hydrogen-bond acceptors (Lipinski definition) is 5. The summed E-state index contributed by atoms with van der Waals surface area (Å²) in [5, 5.41) is 16.3. The zero-order valence-electron chi connectivity index (χ0n) is 13.7. The lowest BCUT2D eigenvalue weighted by atomic mass is 9.93. The van der Waals surface area contributed by atoms with Crippen molar-refractivity contribution in [2.75, 3.05) is 6.61 Å². The van der Waals surface area contributed by atoms with Crippen LogP contribution in [0.3, 0.4) is 0 Å². The van der Waals surface area contributed by atoms with E-state index in [1.54, 1.807) is 39.0 Å². The molecule has 0 saturated heterocycles. The molecule has 0 amide bonds. The van der Waals surface area contributed by atoms with Gasteiger partial charge < -0.3 is 9.84 Å². The van der Waals surface area contributed by atoms with Crippen LogP contribution in [0.25, 0.3) is 11.1 Å². The van der Waals surface area contributed by atoms with E-state index >= 15 is 0 Å². The van der Waals surface area contributed by atoms with Gasteiger partial charge in [0.1, 0.15) is 5.69 Å². The normalized spacial score (nSPS) is 13.4. The highest BCUT2D eigenvalue weighted by atomic mass is 79.9. The topological polar surface area (TPSA) is 92.3 Å². The van der Waals surface area contributed by atoms with E-state index < -0.39 is 18.0 Å². The Labute approximate surface area is 148 Å². The van der Waals surface area contributed by atoms with Crippen LogP contribution >= 0.6 is 15.9 Å². The minimum atomic E-state index is -0.824. The van der Waals surface area contributed by atoms with Crippen molar-refractivity contribution in [2.45, 2.75) is 26.9 Å². The number of aromatic nitrogens is 2. The Hall–Kier alpha value is -1.99. The Kier molecular flexibility index (Phi) is 5.90. The second-order valence-electron chi connectivity index (χ2n) is 5.45. The largest absolute Gasteiger partial charge is 0.461 e. The second kappa shape index (κ2) is 7.72. The van der Waals surface area contributed by atoms with Gasteiger partial charge in [0.25, 0.3) is 0 Å². The maximum absolute atomic E-state index is 12.7. The fraction of sp³-hybridized carbons (Fsp3) is 0.353. The standard InChI is InChI=1S/C17H19BrN2O4/c1-4-24-17(23)15-13(11-6-5-7-12(18)8-11)14(19-20-15)16(22)9(2)10(3)21/h5-10,21H,4H2,1-3H3,(H,19,20). The van der Waals surface area contributed by atoms with Crippen LogP contribution in [-0.2, 0) is 4.74 Å². The number of halogens is 1. The van der Waals surface area contributed by atoms with E-state index in [-0.39, 0.29) is 23.8 Å². The summed E-state index contributed by atoms with van der Waals surface area (Å²) < 4.78 is 5.84. The van der Waals surface area contributed by atoms with Crippen molar-refractivity contribution in [3.05, 3.63) is 40.1 Å². The first-order chi connectivity index (χ1) is 11.4. The molecule has 6 nitrogen and oxygen atoms in total. The lowest BCUT2D eigenvalue weighted by molar-refractivity contribution is 0.0520. The summed E-state index contributed by atoms with van der Waals surface area (Å²) in [6, 6.07) is 7.21. The van der Waals surface area contributed by atoms with Crippen LogP contribution in [0.2, 0.25) is 0 Å². The quantitative estimate of drug-likeness (QED) is 0.579. The highest BCUT2D eigenvalue weighted by Gasteiger charge is 2.29. The number of esters is 1. The van der Waals surface area contributed by atoms with Crippen LogP contribution < -0.4 is 0 Å². The van der Waals surface area contributed by atoms with E-state index in [4.69, 9.17) is 4.74 Å². The molecule has 0 saturated carbocycles. The maximum atomic E-state index is 12.7. The summed E-state index contributed by atoms with van der Waals surface area (Å²) >= 11 is 3.38. The van der Waals surface area contributed by atoms with Gasteiger partial charge in [0.15, 0.2) is 11.5 Å². The highest BCUT2D eigenvalue weighted by Crippen LogP contribution is 2.30. The molecule has 1 aromatic heterocycles. The Morgan fingerprint density at radius 2 is 2.08 bits per heavy atom. The number of aliphatic hydroxyl groups excluding tert-OH is 1.